The lowest BCUT2D eigenvalue weighted by molar-refractivity contribution is -0.132. The molecule has 1 unspecified atom stereocenters. The minimum absolute atomic E-state index is 0.114. The predicted molar refractivity (Wildman–Crippen MR) is 128 cm³/mol. The molecule has 1 saturated carbocycles. The van der Waals surface area contributed by atoms with Gasteiger partial charge in [0.2, 0.25) is 5.91 Å². The fourth-order valence-electron chi connectivity index (χ4n) is 4.26. The molecular formula is C26H34N2O6. The number of fused-ring (bicyclic) bond motifs is 1. The summed E-state index contributed by atoms with van der Waals surface area (Å²) in [6.07, 6.45) is 5.28. The van der Waals surface area contributed by atoms with Crippen LogP contribution in [-0.2, 0) is 22.7 Å². The maximum atomic E-state index is 13.1. The van der Waals surface area contributed by atoms with E-state index >= 15 is 0 Å². The largest absolute Gasteiger partial charge is 0.493 e. The second kappa shape index (κ2) is 11.4. The van der Waals surface area contributed by atoms with Crippen LogP contribution in [0.4, 0.5) is 5.69 Å². The Morgan fingerprint density at radius 3 is 2.85 bits per heavy atom. The summed E-state index contributed by atoms with van der Waals surface area (Å²) in [6.45, 7) is 6.57. The SMILES string of the molecule is C=CCOc1c(OC)ccc2c1CN(CC1CC1)C(=O)CCN2CC(O)COCc1ccco1. The molecule has 2 heterocycles. The highest BCUT2D eigenvalue weighted by Gasteiger charge is 2.31. The molecule has 0 radical (unpaired) electrons. The molecule has 1 fully saturated rings. The Morgan fingerprint density at radius 2 is 2.15 bits per heavy atom. The zero-order valence-corrected chi connectivity index (χ0v) is 19.8. The van der Waals surface area contributed by atoms with E-state index in [0.29, 0.717) is 62.4 Å². The summed E-state index contributed by atoms with van der Waals surface area (Å²) >= 11 is 0. The zero-order chi connectivity index (χ0) is 23.9. The molecular weight excluding hydrogens is 436 g/mol. The van der Waals surface area contributed by atoms with Crippen LogP contribution in [0.1, 0.15) is 30.6 Å². The van der Waals surface area contributed by atoms with Gasteiger partial charge in [0.1, 0.15) is 19.0 Å². The Morgan fingerprint density at radius 1 is 1.29 bits per heavy atom. The molecule has 1 atom stereocenters. The van der Waals surface area contributed by atoms with Gasteiger partial charge in [0.15, 0.2) is 11.5 Å². The van der Waals surface area contributed by atoms with Gasteiger partial charge in [-0.3, -0.25) is 4.79 Å². The first-order valence-corrected chi connectivity index (χ1v) is 11.8. The summed E-state index contributed by atoms with van der Waals surface area (Å²) in [5.41, 5.74) is 1.82. The van der Waals surface area contributed by atoms with E-state index in [1.54, 1.807) is 25.5 Å². The maximum Gasteiger partial charge on any atom is 0.224 e. The molecule has 0 bridgehead atoms. The minimum atomic E-state index is -0.737. The van der Waals surface area contributed by atoms with Gasteiger partial charge in [0.05, 0.1) is 32.6 Å². The smallest absolute Gasteiger partial charge is 0.224 e. The second-order valence-corrected chi connectivity index (χ2v) is 8.86. The maximum absolute atomic E-state index is 13.1. The highest BCUT2D eigenvalue weighted by Crippen LogP contribution is 2.41. The summed E-state index contributed by atoms with van der Waals surface area (Å²) < 4.78 is 22.5. The number of benzene rings is 1. The van der Waals surface area contributed by atoms with Crippen molar-refractivity contribution in [3.05, 3.63) is 54.5 Å². The molecule has 2 aliphatic rings. The van der Waals surface area contributed by atoms with Crippen molar-refractivity contribution in [2.45, 2.75) is 38.5 Å². The molecule has 4 rings (SSSR count). The number of carbonyl (C=O) groups is 1. The topological polar surface area (TPSA) is 84.6 Å². The third-order valence-electron chi connectivity index (χ3n) is 6.14. The first-order valence-electron chi connectivity index (χ1n) is 11.8. The van der Waals surface area contributed by atoms with Gasteiger partial charge in [0.25, 0.3) is 0 Å². The van der Waals surface area contributed by atoms with E-state index in [0.717, 1.165) is 17.8 Å². The van der Waals surface area contributed by atoms with Gasteiger partial charge in [-0.25, -0.2) is 0 Å². The molecule has 1 aliphatic heterocycles. The van der Waals surface area contributed by atoms with E-state index in [1.165, 1.54) is 12.8 Å². The van der Waals surface area contributed by atoms with E-state index in [9.17, 15) is 9.90 Å². The molecule has 1 N–H and O–H groups in total. The molecule has 1 amide bonds. The number of aliphatic hydroxyl groups excluding tert-OH is 1. The fourth-order valence-corrected chi connectivity index (χ4v) is 4.26. The third-order valence-corrected chi connectivity index (χ3v) is 6.14. The van der Waals surface area contributed by atoms with E-state index < -0.39 is 6.10 Å². The van der Waals surface area contributed by atoms with Gasteiger partial charge in [-0.05, 0) is 43.0 Å². The Labute approximate surface area is 200 Å². The predicted octanol–water partition coefficient (Wildman–Crippen LogP) is 3.38. The molecule has 0 spiro atoms. The number of rotatable bonds is 12. The molecule has 1 aromatic carbocycles. The Bertz CT molecular complexity index is 956. The van der Waals surface area contributed by atoms with Crippen LogP contribution in [0.2, 0.25) is 0 Å². The summed E-state index contributed by atoms with van der Waals surface area (Å²) in [5.74, 6) is 2.63. The monoisotopic (exact) mass is 470 g/mol. The molecule has 34 heavy (non-hydrogen) atoms. The molecule has 184 valence electrons. The molecule has 2 aromatic rings. The summed E-state index contributed by atoms with van der Waals surface area (Å²) in [4.78, 5) is 17.1. The van der Waals surface area contributed by atoms with Gasteiger partial charge < -0.3 is 33.5 Å². The summed E-state index contributed by atoms with van der Waals surface area (Å²) in [5, 5.41) is 10.7. The number of amides is 1. The highest BCUT2D eigenvalue weighted by atomic mass is 16.5. The number of furan rings is 1. The van der Waals surface area contributed by atoms with E-state index in [-0.39, 0.29) is 12.5 Å². The third kappa shape index (κ3) is 6.12. The molecule has 8 heteroatoms. The Balaban J connectivity index is 1.56. The number of hydrogen-bond acceptors (Lipinski definition) is 7. The van der Waals surface area contributed by atoms with Crippen molar-refractivity contribution >= 4 is 11.6 Å². The Hall–Kier alpha value is -2.97. The standard InChI is InChI=1S/C26H34N2O6/c1-3-12-34-26-22-16-28(14-19-6-7-19)25(30)10-11-27(23(22)8-9-24(26)31-2)15-20(29)17-32-18-21-5-4-13-33-21/h3-5,8-9,13,19-20,29H,1,6-7,10-12,14-18H2,2H3. The van der Waals surface area contributed by atoms with Crippen LogP contribution in [0, 0.1) is 5.92 Å². The second-order valence-electron chi connectivity index (χ2n) is 8.86. The van der Waals surface area contributed by atoms with Gasteiger partial charge in [-0.15, -0.1) is 0 Å². The lowest BCUT2D eigenvalue weighted by atomic mass is 10.0. The lowest BCUT2D eigenvalue weighted by Gasteiger charge is -2.35. The van der Waals surface area contributed by atoms with Crippen LogP contribution in [0.3, 0.4) is 0 Å². The molecule has 1 aromatic heterocycles. The van der Waals surface area contributed by atoms with Crippen molar-refractivity contribution in [2.75, 3.05) is 44.9 Å². The van der Waals surface area contributed by atoms with Crippen molar-refractivity contribution in [3.63, 3.8) is 0 Å². The van der Waals surface area contributed by atoms with E-state index in [1.807, 2.05) is 28.0 Å². The number of nitrogens with zero attached hydrogens (tertiary/aromatic N) is 2. The van der Waals surface area contributed by atoms with Crippen molar-refractivity contribution in [3.8, 4) is 11.5 Å². The van der Waals surface area contributed by atoms with Crippen molar-refractivity contribution in [1.82, 2.24) is 4.90 Å². The van der Waals surface area contributed by atoms with Crippen LogP contribution in [0.15, 0.2) is 47.6 Å². The number of methoxy groups -OCH3 is 1. The molecule has 0 saturated heterocycles. The number of hydrogen-bond donors (Lipinski definition) is 1. The fraction of sp³-hybridized carbons (Fsp3) is 0.500. The lowest BCUT2D eigenvalue weighted by Crippen LogP contribution is -2.42. The van der Waals surface area contributed by atoms with Crippen molar-refractivity contribution < 1.29 is 28.5 Å². The van der Waals surface area contributed by atoms with Gasteiger partial charge in [-0.2, -0.15) is 0 Å². The molecule has 8 nitrogen and oxygen atoms in total. The average molecular weight is 471 g/mol. The minimum Gasteiger partial charge on any atom is -0.493 e. The first kappa shape index (κ1) is 24.2. The average Bonchev–Trinajstić information content (AvgIpc) is 3.50. The van der Waals surface area contributed by atoms with Gasteiger partial charge in [-0.1, -0.05) is 12.7 Å². The van der Waals surface area contributed by atoms with Crippen molar-refractivity contribution in [2.24, 2.45) is 5.92 Å². The number of β-amino-alcohol motifs (C(OH)–C–C–N with tert-alkyl or cyclic N) is 1. The van der Waals surface area contributed by atoms with E-state index in [2.05, 4.69) is 6.58 Å². The highest BCUT2D eigenvalue weighted by molar-refractivity contribution is 5.79. The van der Waals surface area contributed by atoms with Gasteiger partial charge >= 0.3 is 0 Å². The van der Waals surface area contributed by atoms with Crippen LogP contribution >= 0.6 is 0 Å². The van der Waals surface area contributed by atoms with Crippen molar-refractivity contribution in [1.29, 1.82) is 0 Å². The normalized spacial score (nSPS) is 17.1. The van der Waals surface area contributed by atoms with Crippen LogP contribution < -0.4 is 14.4 Å². The van der Waals surface area contributed by atoms with Crippen LogP contribution in [0.5, 0.6) is 11.5 Å². The number of carbonyl (C=O) groups excluding carboxylic acids is 1. The zero-order valence-electron chi connectivity index (χ0n) is 19.8. The number of aliphatic hydroxyl groups is 1. The molecule has 1 aliphatic carbocycles. The van der Waals surface area contributed by atoms with Crippen LogP contribution in [0.25, 0.3) is 0 Å². The Kier molecular flexibility index (Phi) is 8.13. The first-order chi connectivity index (χ1) is 16.6. The van der Waals surface area contributed by atoms with Gasteiger partial charge in [0, 0.05) is 37.3 Å². The van der Waals surface area contributed by atoms with Crippen LogP contribution in [-0.4, -0.2) is 62.0 Å². The van der Waals surface area contributed by atoms with E-state index in [4.69, 9.17) is 18.6 Å². The quantitative estimate of drug-likeness (QED) is 0.476. The summed E-state index contributed by atoms with van der Waals surface area (Å²) in [7, 11) is 1.61. The number of ether oxygens (including phenoxy) is 3. The summed E-state index contributed by atoms with van der Waals surface area (Å²) in [6, 6.07) is 7.49. The number of anilines is 1.